The molecule has 26 heavy (non-hydrogen) atoms. The zero-order chi connectivity index (χ0) is 18.4. The van der Waals surface area contributed by atoms with Crippen LogP contribution in [0.1, 0.15) is 61.7 Å². The number of nitrogens with one attached hydrogen (secondary N) is 1. The van der Waals surface area contributed by atoms with E-state index in [1.54, 1.807) is 32.4 Å². The highest BCUT2D eigenvalue weighted by molar-refractivity contribution is 5.94. The van der Waals surface area contributed by atoms with Crippen molar-refractivity contribution in [2.45, 2.75) is 56.9 Å². The number of hydrogen-bond donors (Lipinski definition) is 1. The van der Waals surface area contributed by atoms with Crippen molar-refractivity contribution in [3.63, 3.8) is 0 Å². The molecule has 0 spiro atoms. The van der Waals surface area contributed by atoms with Crippen molar-refractivity contribution in [2.75, 3.05) is 33.9 Å². The highest BCUT2D eigenvalue weighted by Crippen LogP contribution is 2.35. The van der Waals surface area contributed by atoms with Gasteiger partial charge in [0.2, 0.25) is 0 Å². The molecule has 5 nitrogen and oxygen atoms in total. The molecule has 5 heteroatoms. The quantitative estimate of drug-likeness (QED) is 0.842. The van der Waals surface area contributed by atoms with Crippen LogP contribution in [-0.4, -0.2) is 50.2 Å². The largest absolute Gasteiger partial charge is 0.493 e. The van der Waals surface area contributed by atoms with Crippen molar-refractivity contribution in [3.8, 4) is 11.5 Å². The predicted octanol–water partition coefficient (Wildman–Crippen LogP) is 3.62. The van der Waals surface area contributed by atoms with E-state index in [0.29, 0.717) is 17.1 Å². The van der Waals surface area contributed by atoms with Crippen molar-refractivity contribution in [1.82, 2.24) is 10.2 Å². The first kappa shape index (κ1) is 19.0. The molecule has 0 radical (unpaired) electrons. The number of likely N-dealkylation sites (tertiary alicyclic amines) is 1. The lowest BCUT2D eigenvalue weighted by Crippen LogP contribution is -2.58. The van der Waals surface area contributed by atoms with E-state index >= 15 is 0 Å². The summed E-state index contributed by atoms with van der Waals surface area (Å²) in [5.74, 6) is 1.19. The van der Waals surface area contributed by atoms with E-state index in [1.165, 1.54) is 64.5 Å². The lowest BCUT2D eigenvalue weighted by molar-refractivity contribution is 0.0326. The summed E-state index contributed by atoms with van der Waals surface area (Å²) in [7, 11) is 3.19. The molecule has 1 saturated heterocycles. The second-order valence-corrected chi connectivity index (χ2v) is 7.59. The minimum Gasteiger partial charge on any atom is -0.493 e. The van der Waals surface area contributed by atoms with Gasteiger partial charge in [-0.3, -0.25) is 9.69 Å². The zero-order valence-corrected chi connectivity index (χ0v) is 16.2. The number of carbonyl (C=O) groups excluding carboxylic acids is 1. The molecule has 0 aromatic heterocycles. The summed E-state index contributed by atoms with van der Waals surface area (Å²) in [4.78, 5) is 15.4. The van der Waals surface area contributed by atoms with Gasteiger partial charge in [0.25, 0.3) is 5.91 Å². The van der Waals surface area contributed by atoms with Crippen LogP contribution in [0.4, 0.5) is 0 Å². The lowest BCUT2D eigenvalue weighted by atomic mass is 9.79. The summed E-state index contributed by atoms with van der Waals surface area (Å²) < 4.78 is 10.6. The van der Waals surface area contributed by atoms with Crippen molar-refractivity contribution in [2.24, 2.45) is 0 Å². The Hall–Kier alpha value is -1.75. The van der Waals surface area contributed by atoms with E-state index in [9.17, 15) is 4.79 Å². The molecular formula is C21H32N2O3. The van der Waals surface area contributed by atoms with Gasteiger partial charge < -0.3 is 14.8 Å². The predicted molar refractivity (Wildman–Crippen MR) is 103 cm³/mol. The fraction of sp³-hybridized carbons (Fsp3) is 0.667. The van der Waals surface area contributed by atoms with Gasteiger partial charge in [-0.2, -0.15) is 0 Å². The topological polar surface area (TPSA) is 50.8 Å². The van der Waals surface area contributed by atoms with Crippen LogP contribution in [0.25, 0.3) is 0 Å². The summed E-state index contributed by atoms with van der Waals surface area (Å²) in [6, 6.07) is 5.34. The van der Waals surface area contributed by atoms with Crippen molar-refractivity contribution >= 4 is 5.91 Å². The summed E-state index contributed by atoms with van der Waals surface area (Å²) in [5.41, 5.74) is 0.762. The first-order valence-electron chi connectivity index (χ1n) is 9.94. The Labute approximate surface area is 157 Å². The third-order valence-corrected chi connectivity index (χ3v) is 6.03. The fourth-order valence-electron chi connectivity index (χ4n) is 4.51. The Balaban J connectivity index is 1.69. The van der Waals surface area contributed by atoms with Crippen LogP contribution >= 0.6 is 0 Å². The smallest absolute Gasteiger partial charge is 0.251 e. The highest BCUT2D eigenvalue weighted by Gasteiger charge is 2.38. The summed E-state index contributed by atoms with van der Waals surface area (Å²) in [5, 5.41) is 3.22. The Morgan fingerprint density at radius 2 is 1.65 bits per heavy atom. The molecule has 1 saturated carbocycles. The van der Waals surface area contributed by atoms with Crippen LogP contribution in [0.5, 0.6) is 11.5 Å². The molecule has 1 aromatic carbocycles. The molecule has 1 heterocycles. The number of amides is 1. The van der Waals surface area contributed by atoms with Gasteiger partial charge in [-0.25, -0.2) is 0 Å². The Morgan fingerprint density at radius 1 is 1.00 bits per heavy atom. The number of hydrogen-bond acceptors (Lipinski definition) is 4. The normalized spacial score (nSPS) is 20.4. The second-order valence-electron chi connectivity index (χ2n) is 7.59. The molecule has 3 rings (SSSR count). The Kier molecular flexibility index (Phi) is 6.41. The Bertz CT molecular complexity index is 605. The first-order valence-corrected chi connectivity index (χ1v) is 9.94. The zero-order valence-electron chi connectivity index (χ0n) is 16.2. The van der Waals surface area contributed by atoms with E-state index in [2.05, 4.69) is 10.2 Å². The minimum absolute atomic E-state index is 0.0343. The number of piperidine rings is 1. The van der Waals surface area contributed by atoms with Crippen LogP contribution in [0, 0.1) is 0 Å². The highest BCUT2D eigenvalue weighted by atomic mass is 16.5. The van der Waals surface area contributed by atoms with Gasteiger partial charge in [0.1, 0.15) is 0 Å². The number of nitrogens with zero attached hydrogens (tertiary/aromatic N) is 1. The third kappa shape index (κ3) is 4.14. The van der Waals surface area contributed by atoms with Crippen LogP contribution in [0.15, 0.2) is 18.2 Å². The van der Waals surface area contributed by atoms with E-state index < -0.39 is 0 Å². The monoisotopic (exact) mass is 360 g/mol. The molecule has 1 N–H and O–H groups in total. The second kappa shape index (κ2) is 8.76. The molecule has 1 amide bonds. The van der Waals surface area contributed by atoms with Crippen molar-refractivity contribution in [1.29, 1.82) is 0 Å². The first-order chi connectivity index (χ1) is 12.7. The van der Waals surface area contributed by atoms with Crippen LogP contribution in [0.3, 0.4) is 0 Å². The average Bonchev–Trinajstić information content (AvgIpc) is 2.72. The Morgan fingerprint density at radius 3 is 2.31 bits per heavy atom. The van der Waals surface area contributed by atoms with Gasteiger partial charge in [0, 0.05) is 17.6 Å². The number of methoxy groups -OCH3 is 2. The van der Waals surface area contributed by atoms with Gasteiger partial charge in [-0.1, -0.05) is 25.7 Å². The molecule has 2 aliphatic rings. The van der Waals surface area contributed by atoms with Crippen LogP contribution in [-0.2, 0) is 0 Å². The molecule has 0 bridgehead atoms. The lowest BCUT2D eigenvalue weighted by Gasteiger charge is -2.48. The van der Waals surface area contributed by atoms with Crippen molar-refractivity contribution < 1.29 is 14.3 Å². The maximum atomic E-state index is 12.8. The standard InChI is InChI=1S/C21H32N2O3/c1-25-18-10-9-17(15-19(18)26-2)20(24)22-16-21(11-5-3-6-12-21)23-13-7-4-8-14-23/h9-10,15H,3-8,11-14,16H2,1-2H3,(H,22,24). The SMILES string of the molecule is COc1ccc(C(=O)NCC2(N3CCCCC3)CCCCC2)cc1OC. The fourth-order valence-corrected chi connectivity index (χ4v) is 4.51. The molecule has 0 unspecified atom stereocenters. The summed E-state index contributed by atoms with van der Waals surface area (Å²) in [6.07, 6.45) is 10.1. The molecule has 1 aliphatic carbocycles. The summed E-state index contributed by atoms with van der Waals surface area (Å²) >= 11 is 0. The minimum atomic E-state index is -0.0343. The average molecular weight is 360 g/mol. The molecule has 1 aromatic rings. The number of carbonyl (C=O) groups is 1. The number of benzene rings is 1. The van der Waals surface area contributed by atoms with Gasteiger partial charge in [0.05, 0.1) is 14.2 Å². The maximum Gasteiger partial charge on any atom is 0.251 e. The van der Waals surface area contributed by atoms with Gasteiger partial charge >= 0.3 is 0 Å². The van der Waals surface area contributed by atoms with E-state index in [-0.39, 0.29) is 11.4 Å². The number of rotatable bonds is 6. The van der Waals surface area contributed by atoms with Crippen molar-refractivity contribution in [3.05, 3.63) is 23.8 Å². The molecule has 144 valence electrons. The molecule has 0 atom stereocenters. The maximum absolute atomic E-state index is 12.8. The third-order valence-electron chi connectivity index (χ3n) is 6.03. The molecule has 2 fully saturated rings. The summed E-state index contributed by atoms with van der Waals surface area (Å²) in [6.45, 7) is 3.08. The molecular weight excluding hydrogens is 328 g/mol. The van der Waals surface area contributed by atoms with Gasteiger partial charge in [0.15, 0.2) is 11.5 Å². The van der Waals surface area contributed by atoms with Crippen LogP contribution < -0.4 is 14.8 Å². The van der Waals surface area contributed by atoms with Gasteiger partial charge in [-0.15, -0.1) is 0 Å². The van der Waals surface area contributed by atoms with Gasteiger partial charge in [-0.05, 0) is 57.0 Å². The molecule has 1 aliphatic heterocycles. The van der Waals surface area contributed by atoms with Crippen LogP contribution in [0.2, 0.25) is 0 Å². The number of ether oxygens (including phenoxy) is 2. The van der Waals surface area contributed by atoms with E-state index in [0.717, 1.165) is 6.54 Å². The van der Waals surface area contributed by atoms with E-state index in [1.807, 2.05) is 0 Å². The van der Waals surface area contributed by atoms with E-state index in [4.69, 9.17) is 9.47 Å².